The predicted molar refractivity (Wildman–Crippen MR) is 95.4 cm³/mol. The molecule has 3 aliphatic rings. The van der Waals surface area contributed by atoms with Crippen LogP contribution in [-0.2, 0) is 21.1 Å². The highest BCUT2D eigenvalue weighted by molar-refractivity contribution is 7.91. The van der Waals surface area contributed by atoms with Gasteiger partial charge < -0.3 is 4.90 Å². The summed E-state index contributed by atoms with van der Waals surface area (Å²) in [5.74, 6) is 0.457. The third-order valence-corrected chi connectivity index (χ3v) is 7.94. The van der Waals surface area contributed by atoms with Crippen molar-refractivity contribution >= 4 is 21.4 Å². The van der Waals surface area contributed by atoms with Crippen LogP contribution < -0.4 is 0 Å². The van der Waals surface area contributed by atoms with Crippen LogP contribution >= 0.6 is 0 Å². The van der Waals surface area contributed by atoms with Gasteiger partial charge >= 0.3 is 0 Å². The summed E-state index contributed by atoms with van der Waals surface area (Å²) in [7, 11) is -2.95. The lowest BCUT2D eigenvalue weighted by Gasteiger charge is -2.36. The van der Waals surface area contributed by atoms with Gasteiger partial charge in [0.25, 0.3) is 0 Å². The third kappa shape index (κ3) is 2.46. The second-order valence-corrected chi connectivity index (χ2v) is 10.2. The first-order chi connectivity index (χ1) is 12.4. The number of aromatic nitrogens is 3. The Balaban J connectivity index is 1.44. The van der Waals surface area contributed by atoms with Gasteiger partial charge in [0.15, 0.2) is 15.5 Å². The number of aryl methyl sites for hydroxylation is 1. The molecule has 0 N–H and O–H groups in total. The summed E-state index contributed by atoms with van der Waals surface area (Å²) in [6.45, 7) is 1.96. The normalized spacial score (nSPS) is 29.3. The minimum atomic E-state index is -2.95. The molecule has 8 heteroatoms. The topological polar surface area (TPSA) is 84.6 Å². The maximum Gasteiger partial charge on any atom is 0.223 e. The molecule has 0 saturated carbocycles. The highest BCUT2D eigenvalue weighted by atomic mass is 32.2. The van der Waals surface area contributed by atoms with Crippen molar-refractivity contribution in [1.29, 1.82) is 0 Å². The number of sulfone groups is 1. The zero-order valence-electron chi connectivity index (χ0n) is 14.8. The van der Waals surface area contributed by atoms with Gasteiger partial charge in [-0.2, -0.15) is 5.10 Å². The van der Waals surface area contributed by atoms with E-state index in [0.717, 1.165) is 36.2 Å². The summed E-state index contributed by atoms with van der Waals surface area (Å²) >= 11 is 0. The SMILES string of the molecule is Cc1cc2ncc3c(n2n1)C[C@H]1CC[C@H]3N1C(=O)C[C@@H]1CCS(=O)(=O)C1. The van der Waals surface area contributed by atoms with Crippen LogP contribution in [0.1, 0.15) is 48.7 Å². The number of carbonyl (C=O) groups excluding carboxylic acids is 1. The second kappa shape index (κ2) is 5.52. The van der Waals surface area contributed by atoms with Gasteiger partial charge in [0, 0.05) is 36.7 Å². The quantitative estimate of drug-likeness (QED) is 0.794. The standard InChI is InChI=1S/C18H22N4O3S/c1-11-6-17-19-9-14-15-3-2-13(8-16(14)22(17)20-11)21(15)18(23)7-12-4-5-26(24,25)10-12/h6,9,12-13,15H,2-5,7-8,10H2,1H3/t12-,13+,15+/m0/s1. The van der Waals surface area contributed by atoms with E-state index in [0.29, 0.717) is 12.8 Å². The fraction of sp³-hybridized carbons (Fsp3) is 0.611. The van der Waals surface area contributed by atoms with Crippen molar-refractivity contribution in [3.63, 3.8) is 0 Å². The highest BCUT2D eigenvalue weighted by Crippen LogP contribution is 2.44. The fourth-order valence-electron chi connectivity index (χ4n) is 4.97. The molecule has 0 unspecified atom stereocenters. The van der Waals surface area contributed by atoms with Crippen molar-refractivity contribution in [3.8, 4) is 0 Å². The van der Waals surface area contributed by atoms with Crippen molar-refractivity contribution in [2.75, 3.05) is 11.5 Å². The molecule has 7 nitrogen and oxygen atoms in total. The molecule has 26 heavy (non-hydrogen) atoms. The molecule has 0 aliphatic carbocycles. The molecule has 0 radical (unpaired) electrons. The number of carbonyl (C=O) groups is 1. The number of amides is 1. The first-order valence-corrected chi connectivity index (χ1v) is 11.1. The molecule has 0 aromatic carbocycles. The summed E-state index contributed by atoms with van der Waals surface area (Å²) in [5.41, 5.74) is 4.07. The van der Waals surface area contributed by atoms with E-state index in [1.807, 2.05) is 28.6 Å². The Morgan fingerprint density at radius 2 is 2.15 bits per heavy atom. The maximum absolute atomic E-state index is 13.0. The Labute approximate surface area is 152 Å². The van der Waals surface area contributed by atoms with Crippen LogP contribution in [0.5, 0.6) is 0 Å². The van der Waals surface area contributed by atoms with Crippen molar-refractivity contribution in [3.05, 3.63) is 29.2 Å². The average molecular weight is 374 g/mol. The van der Waals surface area contributed by atoms with E-state index in [1.165, 1.54) is 5.69 Å². The van der Waals surface area contributed by atoms with Gasteiger partial charge in [-0.3, -0.25) is 4.79 Å². The van der Waals surface area contributed by atoms with Crippen molar-refractivity contribution < 1.29 is 13.2 Å². The van der Waals surface area contributed by atoms with E-state index >= 15 is 0 Å². The lowest BCUT2D eigenvalue weighted by atomic mass is 9.97. The maximum atomic E-state index is 13.0. The van der Waals surface area contributed by atoms with Gasteiger partial charge in [-0.05, 0) is 32.1 Å². The van der Waals surface area contributed by atoms with Gasteiger partial charge in [0.1, 0.15) is 0 Å². The number of rotatable bonds is 2. The molecule has 5 rings (SSSR count). The smallest absolute Gasteiger partial charge is 0.223 e. The molecule has 2 aromatic rings. The van der Waals surface area contributed by atoms with Gasteiger partial charge in [0.05, 0.1) is 28.9 Å². The van der Waals surface area contributed by atoms with Gasteiger partial charge in [-0.25, -0.2) is 17.9 Å². The molecule has 0 spiro atoms. The largest absolute Gasteiger partial charge is 0.332 e. The van der Waals surface area contributed by atoms with Crippen LogP contribution in [0.2, 0.25) is 0 Å². The molecule has 138 valence electrons. The Kier molecular flexibility index (Phi) is 3.44. The van der Waals surface area contributed by atoms with Crippen LogP contribution in [0.25, 0.3) is 5.65 Å². The lowest BCUT2D eigenvalue weighted by Crippen LogP contribution is -2.43. The monoisotopic (exact) mass is 374 g/mol. The zero-order valence-corrected chi connectivity index (χ0v) is 15.6. The average Bonchev–Trinajstić information content (AvgIpc) is 3.22. The molecule has 2 bridgehead atoms. The van der Waals surface area contributed by atoms with Crippen LogP contribution in [0.4, 0.5) is 0 Å². The molecule has 2 saturated heterocycles. The lowest BCUT2D eigenvalue weighted by molar-refractivity contribution is -0.135. The number of fused-ring (bicyclic) bond motifs is 6. The van der Waals surface area contributed by atoms with E-state index in [4.69, 9.17) is 0 Å². The minimum absolute atomic E-state index is 0.0253. The summed E-state index contributed by atoms with van der Waals surface area (Å²) in [6, 6.07) is 2.21. The van der Waals surface area contributed by atoms with Crippen LogP contribution in [0, 0.1) is 12.8 Å². The first kappa shape index (κ1) is 16.2. The molecular formula is C18H22N4O3S. The molecule has 3 aliphatic heterocycles. The minimum Gasteiger partial charge on any atom is -0.332 e. The molecule has 1 amide bonds. The van der Waals surface area contributed by atoms with E-state index in [1.54, 1.807) is 0 Å². The summed E-state index contributed by atoms with van der Waals surface area (Å²) in [4.78, 5) is 19.5. The summed E-state index contributed by atoms with van der Waals surface area (Å²) < 4.78 is 25.3. The van der Waals surface area contributed by atoms with Crippen LogP contribution in [0.15, 0.2) is 12.3 Å². The Morgan fingerprint density at radius 1 is 1.31 bits per heavy atom. The van der Waals surface area contributed by atoms with Crippen LogP contribution in [-0.4, -0.2) is 51.4 Å². The molecule has 2 aromatic heterocycles. The van der Waals surface area contributed by atoms with Gasteiger partial charge in [0.2, 0.25) is 5.91 Å². The molecule has 3 atom stereocenters. The summed E-state index contributed by atoms with van der Waals surface area (Å²) in [6.07, 6.45) is 5.58. The van der Waals surface area contributed by atoms with Crippen LogP contribution in [0.3, 0.4) is 0 Å². The van der Waals surface area contributed by atoms with Crippen molar-refractivity contribution in [2.24, 2.45) is 5.92 Å². The second-order valence-electron chi connectivity index (χ2n) is 7.94. The Bertz CT molecular complexity index is 1010. The Morgan fingerprint density at radius 3 is 2.92 bits per heavy atom. The summed E-state index contributed by atoms with van der Waals surface area (Å²) in [5, 5.41) is 4.58. The molecular weight excluding hydrogens is 352 g/mol. The van der Waals surface area contributed by atoms with Gasteiger partial charge in [-0.1, -0.05) is 0 Å². The number of nitrogens with zero attached hydrogens (tertiary/aromatic N) is 4. The zero-order chi connectivity index (χ0) is 18.1. The third-order valence-electron chi connectivity index (χ3n) is 6.11. The number of hydrogen-bond acceptors (Lipinski definition) is 5. The van der Waals surface area contributed by atoms with E-state index in [9.17, 15) is 13.2 Å². The van der Waals surface area contributed by atoms with E-state index < -0.39 is 9.84 Å². The van der Waals surface area contributed by atoms with Gasteiger partial charge in [-0.15, -0.1) is 0 Å². The predicted octanol–water partition coefficient (Wildman–Crippen LogP) is 1.45. The molecule has 2 fully saturated rings. The van der Waals surface area contributed by atoms with E-state index in [2.05, 4.69) is 10.1 Å². The molecule has 5 heterocycles. The van der Waals surface area contributed by atoms with E-state index in [-0.39, 0.29) is 35.4 Å². The van der Waals surface area contributed by atoms with Crippen molar-refractivity contribution in [2.45, 2.75) is 51.1 Å². The fourth-order valence-corrected chi connectivity index (χ4v) is 6.83. The number of hydrogen-bond donors (Lipinski definition) is 0. The van der Waals surface area contributed by atoms with Crippen molar-refractivity contribution in [1.82, 2.24) is 19.5 Å². The highest BCUT2D eigenvalue weighted by Gasteiger charge is 2.44. The Hall–Kier alpha value is -1.96. The first-order valence-electron chi connectivity index (χ1n) is 9.27.